The maximum Gasteiger partial charge on any atom is 0.220 e. The number of hydrogen-bond donors (Lipinski definition) is 2. The van der Waals surface area contributed by atoms with Crippen molar-refractivity contribution in [2.24, 2.45) is 0 Å². The molecule has 0 radical (unpaired) electrons. The predicted molar refractivity (Wildman–Crippen MR) is 92.3 cm³/mol. The minimum Gasteiger partial charge on any atom is -0.352 e. The van der Waals surface area contributed by atoms with Crippen molar-refractivity contribution in [1.29, 1.82) is 0 Å². The Bertz CT molecular complexity index is 431. The van der Waals surface area contributed by atoms with Crippen molar-refractivity contribution in [3.63, 3.8) is 0 Å². The fourth-order valence-electron chi connectivity index (χ4n) is 2.35. The van der Waals surface area contributed by atoms with E-state index in [1.165, 1.54) is 16.9 Å². The Labute approximate surface area is 137 Å². The van der Waals surface area contributed by atoms with Crippen molar-refractivity contribution in [1.82, 2.24) is 10.6 Å². The van der Waals surface area contributed by atoms with Crippen molar-refractivity contribution >= 4 is 29.7 Å². The quantitative estimate of drug-likeness (QED) is 0.568. The number of rotatable bonds is 8. The third-order valence-electron chi connectivity index (χ3n) is 3.58. The molecule has 3 nitrogen and oxygen atoms in total. The van der Waals surface area contributed by atoms with Crippen LogP contribution in [0.5, 0.6) is 0 Å². The Kier molecular flexibility index (Phi) is 9.39. The lowest BCUT2D eigenvalue weighted by Crippen LogP contribution is -2.29. The van der Waals surface area contributed by atoms with E-state index in [9.17, 15) is 4.79 Å². The van der Waals surface area contributed by atoms with E-state index >= 15 is 0 Å². The van der Waals surface area contributed by atoms with E-state index in [1.807, 2.05) is 11.3 Å². The topological polar surface area (TPSA) is 41.1 Å². The normalized spacial score (nSPS) is 14.2. The first kappa shape index (κ1) is 18.2. The number of hydrogen-bond acceptors (Lipinski definition) is 3. The lowest BCUT2D eigenvalue weighted by molar-refractivity contribution is -0.121. The maximum absolute atomic E-state index is 11.7. The van der Waals surface area contributed by atoms with Crippen LogP contribution in [-0.4, -0.2) is 25.5 Å². The first-order chi connectivity index (χ1) is 9.84. The Balaban J connectivity index is 0.00000220. The van der Waals surface area contributed by atoms with Gasteiger partial charge in [0.2, 0.25) is 5.91 Å². The summed E-state index contributed by atoms with van der Waals surface area (Å²) in [6.45, 7) is 2.70. The van der Waals surface area contributed by atoms with Crippen LogP contribution in [-0.2, 0) is 11.2 Å². The molecule has 0 unspecified atom stereocenters. The highest BCUT2D eigenvalue weighted by atomic mass is 35.5. The molecule has 1 aromatic heterocycles. The number of aryl methyl sites for hydroxylation is 1. The predicted octanol–water partition coefficient (Wildman–Crippen LogP) is 3.31. The molecule has 0 atom stereocenters. The van der Waals surface area contributed by atoms with Gasteiger partial charge in [-0.15, -0.1) is 23.7 Å². The Morgan fingerprint density at radius 1 is 1.33 bits per heavy atom. The van der Waals surface area contributed by atoms with E-state index in [0.29, 0.717) is 6.42 Å². The van der Waals surface area contributed by atoms with Gasteiger partial charge in [-0.1, -0.05) is 24.1 Å². The molecule has 1 aliphatic rings. The van der Waals surface area contributed by atoms with E-state index in [1.54, 1.807) is 0 Å². The Hall–Kier alpha value is -0.840. The van der Waals surface area contributed by atoms with E-state index in [-0.39, 0.29) is 18.3 Å². The van der Waals surface area contributed by atoms with Crippen LogP contribution in [0.3, 0.4) is 0 Å². The first-order valence-corrected chi connectivity index (χ1v) is 8.40. The standard InChI is InChI=1S/C16H24N2OS.ClH/c19-16(18-13-14-8-10-17-11-9-14)7-3-1-2-5-15-6-4-12-20-15;/h4,6,8,12,17H,1-3,5,7,9-11,13H2,(H,18,19);1H. The van der Waals surface area contributed by atoms with Gasteiger partial charge in [-0.3, -0.25) is 4.79 Å². The highest BCUT2D eigenvalue weighted by Gasteiger charge is 2.05. The van der Waals surface area contributed by atoms with Crippen LogP contribution in [0.2, 0.25) is 0 Å². The molecule has 21 heavy (non-hydrogen) atoms. The average molecular weight is 329 g/mol. The van der Waals surface area contributed by atoms with Gasteiger partial charge in [0.05, 0.1) is 0 Å². The lowest BCUT2D eigenvalue weighted by atomic mass is 10.1. The third kappa shape index (κ3) is 7.65. The number of nitrogens with one attached hydrogen (secondary N) is 2. The van der Waals surface area contributed by atoms with Gasteiger partial charge in [-0.05, 0) is 43.7 Å². The van der Waals surface area contributed by atoms with E-state index < -0.39 is 0 Å². The fraction of sp³-hybridized carbons (Fsp3) is 0.562. The molecule has 2 rings (SSSR count). The Morgan fingerprint density at radius 2 is 2.24 bits per heavy atom. The zero-order chi connectivity index (χ0) is 14.0. The number of thiophene rings is 1. The minimum atomic E-state index is 0. The molecule has 2 heterocycles. The second-order valence-electron chi connectivity index (χ2n) is 5.23. The van der Waals surface area contributed by atoms with E-state index in [0.717, 1.165) is 45.3 Å². The molecular formula is C16H25ClN2OS. The third-order valence-corrected chi connectivity index (χ3v) is 4.51. The van der Waals surface area contributed by atoms with Gasteiger partial charge >= 0.3 is 0 Å². The molecule has 1 aliphatic heterocycles. The maximum atomic E-state index is 11.7. The smallest absolute Gasteiger partial charge is 0.220 e. The lowest BCUT2D eigenvalue weighted by Gasteiger charge is -2.14. The highest BCUT2D eigenvalue weighted by Crippen LogP contribution is 2.13. The summed E-state index contributed by atoms with van der Waals surface area (Å²) < 4.78 is 0. The minimum absolute atomic E-state index is 0. The summed E-state index contributed by atoms with van der Waals surface area (Å²) in [5.74, 6) is 0.195. The van der Waals surface area contributed by atoms with Gasteiger partial charge in [0, 0.05) is 24.4 Å². The van der Waals surface area contributed by atoms with Crippen molar-refractivity contribution in [3.05, 3.63) is 34.0 Å². The summed E-state index contributed by atoms with van der Waals surface area (Å²) in [6.07, 6.45) is 8.38. The van der Waals surface area contributed by atoms with Crippen LogP contribution in [0.25, 0.3) is 0 Å². The molecule has 2 N–H and O–H groups in total. The molecule has 0 saturated carbocycles. The molecule has 0 aromatic carbocycles. The van der Waals surface area contributed by atoms with Crippen molar-refractivity contribution in [2.75, 3.05) is 19.6 Å². The van der Waals surface area contributed by atoms with Gasteiger partial charge in [0.15, 0.2) is 0 Å². The average Bonchev–Trinajstić information content (AvgIpc) is 2.99. The van der Waals surface area contributed by atoms with Gasteiger partial charge in [-0.25, -0.2) is 0 Å². The van der Waals surface area contributed by atoms with Gasteiger partial charge in [0.1, 0.15) is 0 Å². The number of halogens is 1. The van der Waals surface area contributed by atoms with E-state index in [4.69, 9.17) is 0 Å². The fourth-order valence-corrected chi connectivity index (χ4v) is 3.10. The molecule has 0 bridgehead atoms. The van der Waals surface area contributed by atoms with Crippen molar-refractivity contribution in [3.8, 4) is 0 Å². The van der Waals surface area contributed by atoms with Gasteiger partial charge in [0.25, 0.3) is 0 Å². The number of carbonyl (C=O) groups is 1. The summed E-state index contributed by atoms with van der Waals surface area (Å²) in [5, 5.41) is 8.42. The summed E-state index contributed by atoms with van der Waals surface area (Å²) in [4.78, 5) is 13.2. The van der Waals surface area contributed by atoms with E-state index in [2.05, 4.69) is 34.2 Å². The zero-order valence-corrected chi connectivity index (χ0v) is 14.0. The summed E-state index contributed by atoms with van der Waals surface area (Å²) >= 11 is 1.82. The summed E-state index contributed by atoms with van der Waals surface area (Å²) in [5.41, 5.74) is 1.36. The van der Waals surface area contributed by atoms with Crippen LogP contribution < -0.4 is 10.6 Å². The monoisotopic (exact) mass is 328 g/mol. The molecule has 1 amide bonds. The number of amides is 1. The van der Waals surface area contributed by atoms with Crippen LogP contribution in [0.1, 0.15) is 37.0 Å². The molecule has 0 spiro atoms. The molecule has 0 saturated heterocycles. The summed E-state index contributed by atoms with van der Waals surface area (Å²) in [6, 6.07) is 4.28. The number of unbranched alkanes of at least 4 members (excludes halogenated alkanes) is 2. The molecule has 0 fully saturated rings. The van der Waals surface area contributed by atoms with Crippen LogP contribution in [0.4, 0.5) is 0 Å². The molecule has 5 heteroatoms. The van der Waals surface area contributed by atoms with Gasteiger partial charge < -0.3 is 10.6 Å². The molecule has 1 aromatic rings. The highest BCUT2D eigenvalue weighted by molar-refractivity contribution is 7.09. The molecule has 118 valence electrons. The first-order valence-electron chi connectivity index (χ1n) is 7.52. The second-order valence-corrected chi connectivity index (χ2v) is 6.27. The molecular weight excluding hydrogens is 304 g/mol. The van der Waals surface area contributed by atoms with Crippen molar-refractivity contribution < 1.29 is 4.79 Å². The Morgan fingerprint density at radius 3 is 2.95 bits per heavy atom. The number of carbonyl (C=O) groups excluding carboxylic acids is 1. The largest absolute Gasteiger partial charge is 0.352 e. The molecule has 0 aliphatic carbocycles. The van der Waals surface area contributed by atoms with Crippen LogP contribution in [0, 0.1) is 0 Å². The van der Waals surface area contributed by atoms with Gasteiger partial charge in [-0.2, -0.15) is 0 Å². The second kappa shape index (κ2) is 10.8. The van der Waals surface area contributed by atoms with Crippen molar-refractivity contribution in [2.45, 2.75) is 38.5 Å². The SMILES string of the molecule is Cl.O=C(CCCCCc1cccs1)NCC1=CCNCC1. The summed E-state index contributed by atoms with van der Waals surface area (Å²) in [7, 11) is 0. The van der Waals surface area contributed by atoms with Crippen LogP contribution >= 0.6 is 23.7 Å². The zero-order valence-electron chi connectivity index (χ0n) is 12.4. The van der Waals surface area contributed by atoms with Crippen LogP contribution in [0.15, 0.2) is 29.2 Å².